The molecule has 0 saturated carbocycles. The molecule has 178 valence electrons. The lowest BCUT2D eigenvalue weighted by Crippen LogP contribution is -2.44. The molecular weight excluding hydrogens is 552 g/mol. The Balaban J connectivity index is 0.00000158. The van der Waals surface area contributed by atoms with Crippen LogP contribution in [0, 0.1) is 6.92 Å². The van der Waals surface area contributed by atoms with Crippen LogP contribution in [0.3, 0.4) is 0 Å². The average Bonchev–Trinajstić information content (AvgIpc) is 2.86. The van der Waals surface area contributed by atoms with Gasteiger partial charge in [0.1, 0.15) is 11.2 Å². The Hall–Kier alpha value is -1.98. The van der Waals surface area contributed by atoms with Crippen molar-refractivity contribution in [1.29, 1.82) is 0 Å². The lowest BCUT2D eigenvalue weighted by molar-refractivity contribution is 0.0702. The summed E-state index contributed by atoms with van der Waals surface area (Å²) < 4.78 is 0.953. The second-order valence-electron chi connectivity index (χ2n) is 8.49. The molecule has 4 heteroatoms. The van der Waals surface area contributed by atoms with E-state index >= 15 is 0 Å². The molecule has 34 heavy (non-hydrogen) atoms. The smallest absolute Gasteiger partial charge is 0.141 e. The van der Waals surface area contributed by atoms with Crippen molar-refractivity contribution in [3.63, 3.8) is 0 Å². The molecular formula is C30H32Br2O2. The Morgan fingerprint density at radius 3 is 2.12 bits per heavy atom. The minimum atomic E-state index is -1.37. The van der Waals surface area contributed by atoms with Gasteiger partial charge in [-0.2, -0.15) is 0 Å². The SMILES string of the molecule is C/C=C\C=C(/CCC)C1(O)c2ccccc2C(O)(c2ccc(Br)cc2)c2ccc(C)cc21.CBr. The van der Waals surface area contributed by atoms with Gasteiger partial charge in [-0.15, -0.1) is 0 Å². The maximum atomic E-state index is 12.5. The van der Waals surface area contributed by atoms with Gasteiger partial charge < -0.3 is 10.2 Å². The molecule has 0 spiro atoms. The first-order valence-corrected chi connectivity index (χ1v) is 13.9. The molecule has 0 heterocycles. The number of allylic oxidation sites excluding steroid dienone is 3. The molecule has 2 unspecified atom stereocenters. The van der Waals surface area contributed by atoms with Crippen molar-refractivity contribution in [2.45, 2.75) is 44.8 Å². The zero-order valence-corrected chi connectivity index (χ0v) is 23.3. The Morgan fingerprint density at radius 2 is 1.50 bits per heavy atom. The maximum Gasteiger partial charge on any atom is 0.141 e. The highest BCUT2D eigenvalue weighted by molar-refractivity contribution is 9.10. The van der Waals surface area contributed by atoms with Crippen molar-refractivity contribution in [2.24, 2.45) is 0 Å². The van der Waals surface area contributed by atoms with Crippen LogP contribution in [0.4, 0.5) is 0 Å². The van der Waals surface area contributed by atoms with Gasteiger partial charge in [0.2, 0.25) is 0 Å². The van der Waals surface area contributed by atoms with Crippen molar-refractivity contribution < 1.29 is 10.2 Å². The van der Waals surface area contributed by atoms with Gasteiger partial charge >= 0.3 is 0 Å². The van der Waals surface area contributed by atoms with Crippen LogP contribution in [0.1, 0.15) is 60.1 Å². The van der Waals surface area contributed by atoms with Crippen LogP contribution >= 0.6 is 31.9 Å². The lowest BCUT2D eigenvalue weighted by atomic mass is 9.62. The number of alkyl halides is 1. The van der Waals surface area contributed by atoms with E-state index in [9.17, 15) is 10.2 Å². The summed E-state index contributed by atoms with van der Waals surface area (Å²) >= 11 is 6.44. The van der Waals surface area contributed by atoms with E-state index in [2.05, 4.69) is 38.8 Å². The second-order valence-corrected chi connectivity index (χ2v) is 9.41. The molecule has 2 atom stereocenters. The molecule has 0 bridgehead atoms. The number of hydrogen-bond acceptors (Lipinski definition) is 2. The molecule has 0 aliphatic heterocycles. The van der Waals surface area contributed by atoms with Crippen LogP contribution in [-0.2, 0) is 11.2 Å². The number of benzene rings is 3. The Morgan fingerprint density at radius 1 is 0.882 bits per heavy atom. The number of aliphatic hydroxyl groups is 2. The number of aryl methyl sites for hydroxylation is 1. The van der Waals surface area contributed by atoms with Gasteiger partial charge in [-0.3, -0.25) is 0 Å². The summed E-state index contributed by atoms with van der Waals surface area (Å²) in [6, 6.07) is 21.5. The van der Waals surface area contributed by atoms with Crippen LogP contribution in [0.15, 0.2) is 95.0 Å². The largest absolute Gasteiger partial charge is 0.376 e. The Bertz CT molecular complexity index is 1200. The number of fused-ring (bicyclic) bond motifs is 2. The third kappa shape index (κ3) is 4.49. The van der Waals surface area contributed by atoms with E-state index < -0.39 is 11.2 Å². The normalized spacial score (nSPS) is 21.5. The average molecular weight is 584 g/mol. The molecule has 3 aromatic rings. The van der Waals surface area contributed by atoms with Crippen LogP contribution in [-0.4, -0.2) is 16.0 Å². The van der Waals surface area contributed by atoms with E-state index in [4.69, 9.17) is 0 Å². The molecule has 2 N–H and O–H groups in total. The highest BCUT2D eigenvalue weighted by Gasteiger charge is 2.51. The molecule has 0 aromatic heterocycles. The predicted molar refractivity (Wildman–Crippen MR) is 150 cm³/mol. The fourth-order valence-corrected chi connectivity index (χ4v) is 5.16. The highest BCUT2D eigenvalue weighted by Crippen LogP contribution is 2.54. The van der Waals surface area contributed by atoms with Crippen molar-refractivity contribution >= 4 is 31.9 Å². The van der Waals surface area contributed by atoms with Gasteiger partial charge in [-0.25, -0.2) is 0 Å². The molecule has 2 nitrogen and oxygen atoms in total. The molecule has 3 aromatic carbocycles. The zero-order chi connectivity index (χ0) is 24.9. The van der Waals surface area contributed by atoms with Crippen LogP contribution in [0.25, 0.3) is 0 Å². The van der Waals surface area contributed by atoms with E-state index in [0.717, 1.165) is 45.1 Å². The highest BCUT2D eigenvalue weighted by atomic mass is 79.9. The first-order valence-electron chi connectivity index (χ1n) is 11.5. The van der Waals surface area contributed by atoms with Crippen LogP contribution in [0.5, 0.6) is 0 Å². The Kier molecular flexibility index (Phi) is 8.75. The number of rotatable bonds is 5. The molecule has 0 fully saturated rings. The molecule has 0 amide bonds. The Labute approximate surface area is 220 Å². The van der Waals surface area contributed by atoms with Crippen LogP contribution < -0.4 is 0 Å². The van der Waals surface area contributed by atoms with E-state index in [1.54, 1.807) is 0 Å². The molecule has 0 saturated heterocycles. The molecule has 1 aliphatic rings. The fourth-order valence-electron chi connectivity index (χ4n) is 4.89. The predicted octanol–water partition coefficient (Wildman–Crippen LogP) is 7.90. The third-order valence-electron chi connectivity index (χ3n) is 6.40. The zero-order valence-electron chi connectivity index (χ0n) is 20.1. The summed E-state index contributed by atoms with van der Waals surface area (Å²) in [7, 11) is 0. The quantitative estimate of drug-likeness (QED) is 0.237. The summed E-state index contributed by atoms with van der Waals surface area (Å²) in [6.45, 7) is 6.12. The number of hydrogen-bond donors (Lipinski definition) is 2. The lowest BCUT2D eigenvalue weighted by Gasteiger charge is -2.46. The van der Waals surface area contributed by atoms with E-state index in [1.807, 2.05) is 105 Å². The minimum Gasteiger partial charge on any atom is -0.376 e. The van der Waals surface area contributed by atoms with Gasteiger partial charge in [0, 0.05) is 4.47 Å². The van der Waals surface area contributed by atoms with Crippen LogP contribution in [0.2, 0.25) is 0 Å². The van der Waals surface area contributed by atoms with Gasteiger partial charge in [-0.1, -0.05) is 124 Å². The van der Waals surface area contributed by atoms with Gasteiger partial charge in [0.25, 0.3) is 0 Å². The van der Waals surface area contributed by atoms with Crippen molar-refractivity contribution in [3.8, 4) is 0 Å². The van der Waals surface area contributed by atoms with Crippen molar-refractivity contribution in [3.05, 3.63) is 128 Å². The number of halogens is 2. The molecule has 4 rings (SSSR count). The van der Waals surface area contributed by atoms with Crippen molar-refractivity contribution in [1.82, 2.24) is 0 Å². The maximum absolute atomic E-state index is 12.5. The standard InChI is InChI=1S/C29H29BrO2.CH3Br/c1-4-6-10-21(9-5-2)29(32)25-12-8-7-11-24(25)28(31,22-14-16-23(30)17-15-22)26-18-13-20(3)19-27(26)29;1-2/h4,6-8,10-19,31-32H,5,9H2,1-3H3;1H3/b6-4-,21-10+;. The summed E-state index contributed by atoms with van der Waals surface area (Å²) in [6.07, 6.45) is 7.64. The van der Waals surface area contributed by atoms with E-state index in [-0.39, 0.29) is 0 Å². The fraction of sp³-hybridized carbons (Fsp3) is 0.267. The minimum absolute atomic E-state index is 0.712. The second kappa shape index (κ2) is 11.2. The molecule has 1 aliphatic carbocycles. The van der Waals surface area contributed by atoms with E-state index in [0.29, 0.717) is 11.1 Å². The summed E-state index contributed by atoms with van der Waals surface area (Å²) in [5, 5.41) is 24.9. The first kappa shape index (κ1) is 26.6. The first-order chi connectivity index (χ1) is 16.4. The summed E-state index contributed by atoms with van der Waals surface area (Å²) in [5.74, 6) is 1.81. The van der Waals surface area contributed by atoms with Crippen molar-refractivity contribution in [2.75, 3.05) is 5.83 Å². The summed E-state index contributed by atoms with van der Waals surface area (Å²) in [4.78, 5) is 0. The van der Waals surface area contributed by atoms with Gasteiger partial charge in [0.05, 0.1) is 0 Å². The summed E-state index contributed by atoms with van der Waals surface area (Å²) in [5.41, 5.74) is 2.95. The third-order valence-corrected chi connectivity index (χ3v) is 6.93. The monoisotopic (exact) mass is 582 g/mol. The van der Waals surface area contributed by atoms with E-state index in [1.165, 1.54) is 0 Å². The topological polar surface area (TPSA) is 40.5 Å². The van der Waals surface area contributed by atoms with Gasteiger partial charge in [0.15, 0.2) is 0 Å². The molecule has 0 radical (unpaired) electrons. The van der Waals surface area contributed by atoms with Gasteiger partial charge in [-0.05, 0) is 71.6 Å².